The van der Waals surface area contributed by atoms with E-state index in [9.17, 15) is 14.4 Å². The van der Waals surface area contributed by atoms with E-state index < -0.39 is 22.7 Å². The lowest BCUT2D eigenvalue weighted by atomic mass is 9.81. The molecule has 0 aromatic heterocycles. The Morgan fingerprint density at radius 2 is 1.85 bits per heavy atom. The van der Waals surface area contributed by atoms with Gasteiger partial charge in [-0.1, -0.05) is 53.2 Å². The number of ketones is 2. The Labute approximate surface area is 159 Å². The highest BCUT2D eigenvalue weighted by molar-refractivity contribution is 9.10. The van der Waals surface area contributed by atoms with Crippen LogP contribution >= 0.6 is 15.9 Å². The maximum atomic E-state index is 13.5. The van der Waals surface area contributed by atoms with E-state index in [4.69, 9.17) is 4.74 Å². The number of hydrogen-bond donors (Lipinski definition) is 0. The summed E-state index contributed by atoms with van der Waals surface area (Å²) in [7, 11) is 0. The van der Waals surface area contributed by atoms with Gasteiger partial charge < -0.3 is 4.74 Å². The van der Waals surface area contributed by atoms with E-state index in [2.05, 4.69) is 15.9 Å². The standard InChI is InChI=1S/C21H17BrO4/c1-3-20(18(24)13-7-5-4-6-8-13)17-15-11-14(22)9-10-16(15)26-19(25)21(17,20)12(2)23/h4-11,17H,3H2,1-2H3/t17-,20-,21+/m1/s1. The zero-order valence-electron chi connectivity index (χ0n) is 14.4. The normalized spacial score (nSPS) is 28.6. The molecule has 0 amide bonds. The lowest BCUT2D eigenvalue weighted by Crippen LogP contribution is -2.38. The van der Waals surface area contributed by atoms with E-state index in [0.717, 1.165) is 10.0 Å². The van der Waals surface area contributed by atoms with Crippen molar-refractivity contribution in [3.63, 3.8) is 0 Å². The highest BCUT2D eigenvalue weighted by atomic mass is 79.9. The van der Waals surface area contributed by atoms with Crippen LogP contribution in [0, 0.1) is 10.8 Å². The SMILES string of the molecule is CC[C@]1(C(=O)c2ccccc2)[C@H]2c3cc(Br)ccc3OC(=O)[C@]21C(C)=O. The number of rotatable bonds is 4. The topological polar surface area (TPSA) is 60.4 Å². The van der Waals surface area contributed by atoms with Gasteiger partial charge in [0.05, 0.1) is 5.41 Å². The molecule has 1 saturated carbocycles. The average Bonchev–Trinajstić information content (AvgIpc) is 3.30. The first kappa shape index (κ1) is 17.2. The fourth-order valence-corrected chi connectivity index (χ4v) is 5.19. The minimum atomic E-state index is -1.44. The smallest absolute Gasteiger partial charge is 0.326 e. The molecule has 1 fully saturated rings. The van der Waals surface area contributed by atoms with Gasteiger partial charge in [0.15, 0.2) is 5.78 Å². The molecule has 0 saturated heterocycles. The van der Waals surface area contributed by atoms with E-state index in [0.29, 0.717) is 17.7 Å². The van der Waals surface area contributed by atoms with Crippen LogP contribution in [0.25, 0.3) is 0 Å². The van der Waals surface area contributed by atoms with E-state index in [1.807, 2.05) is 19.1 Å². The number of esters is 1. The first-order valence-electron chi connectivity index (χ1n) is 8.54. The minimum absolute atomic E-state index is 0.175. The Morgan fingerprint density at radius 1 is 1.15 bits per heavy atom. The molecule has 0 bridgehead atoms. The molecule has 26 heavy (non-hydrogen) atoms. The number of carbonyl (C=O) groups is 3. The van der Waals surface area contributed by atoms with Gasteiger partial charge in [-0.05, 0) is 31.5 Å². The second kappa shape index (κ2) is 5.61. The summed E-state index contributed by atoms with van der Waals surface area (Å²) in [4.78, 5) is 39.2. The van der Waals surface area contributed by atoms with Crippen molar-refractivity contribution in [1.29, 1.82) is 0 Å². The number of benzene rings is 2. The first-order valence-corrected chi connectivity index (χ1v) is 9.33. The third kappa shape index (κ3) is 1.87. The van der Waals surface area contributed by atoms with Crippen molar-refractivity contribution in [3.05, 3.63) is 64.1 Å². The van der Waals surface area contributed by atoms with Gasteiger partial charge in [-0.2, -0.15) is 0 Å². The van der Waals surface area contributed by atoms with Gasteiger partial charge in [-0.3, -0.25) is 14.4 Å². The van der Waals surface area contributed by atoms with Crippen LogP contribution in [-0.4, -0.2) is 17.5 Å². The van der Waals surface area contributed by atoms with Crippen molar-refractivity contribution in [1.82, 2.24) is 0 Å². The number of halogens is 1. The molecule has 0 N–H and O–H groups in total. The van der Waals surface area contributed by atoms with Gasteiger partial charge in [0.1, 0.15) is 16.9 Å². The van der Waals surface area contributed by atoms with Crippen LogP contribution in [0.5, 0.6) is 5.75 Å². The molecule has 2 aliphatic rings. The van der Waals surface area contributed by atoms with Crippen molar-refractivity contribution < 1.29 is 19.1 Å². The molecular weight excluding hydrogens is 396 g/mol. The fraction of sp³-hybridized carbons (Fsp3) is 0.286. The molecule has 1 aliphatic carbocycles. The Morgan fingerprint density at radius 3 is 2.46 bits per heavy atom. The number of hydrogen-bond acceptors (Lipinski definition) is 4. The Bertz CT molecular complexity index is 952. The quantitative estimate of drug-likeness (QED) is 0.324. The highest BCUT2D eigenvalue weighted by Gasteiger charge is 2.87. The zero-order chi connectivity index (χ0) is 18.7. The molecule has 2 aromatic rings. The molecule has 1 heterocycles. The summed E-state index contributed by atoms with van der Waals surface area (Å²) in [5.74, 6) is -1.18. The van der Waals surface area contributed by atoms with Crippen LogP contribution in [0.3, 0.4) is 0 Å². The van der Waals surface area contributed by atoms with Crippen LogP contribution in [0.15, 0.2) is 53.0 Å². The summed E-state index contributed by atoms with van der Waals surface area (Å²) in [5, 5.41) is 0. The highest BCUT2D eigenvalue weighted by Crippen LogP contribution is 2.80. The van der Waals surface area contributed by atoms with Crippen LogP contribution < -0.4 is 4.74 Å². The number of fused-ring (bicyclic) bond motifs is 3. The average molecular weight is 413 g/mol. The molecule has 1 aliphatic heterocycles. The summed E-state index contributed by atoms with van der Waals surface area (Å²) in [6.45, 7) is 3.24. The summed E-state index contributed by atoms with van der Waals surface area (Å²) in [5.41, 5.74) is -1.31. The second-order valence-corrected chi connectivity index (χ2v) is 7.80. The monoisotopic (exact) mass is 412 g/mol. The van der Waals surface area contributed by atoms with Crippen LogP contribution in [0.1, 0.15) is 42.1 Å². The van der Waals surface area contributed by atoms with Gasteiger partial charge in [0.2, 0.25) is 0 Å². The Balaban J connectivity index is 1.97. The predicted octanol–water partition coefficient (Wildman–Crippen LogP) is 4.32. The van der Waals surface area contributed by atoms with Gasteiger partial charge in [0, 0.05) is 21.5 Å². The first-order chi connectivity index (χ1) is 12.4. The molecular formula is C21H17BrO4. The predicted molar refractivity (Wildman–Crippen MR) is 99.1 cm³/mol. The lowest BCUT2D eigenvalue weighted by molar-refractivity contribution is -0.148. The maximum absolute atomic E-state index is 13.5. The molecule has 4 rings (SSSR count). The summed E-state index contributed by atoms with van der Waals surface area (Å²) in [6, 6.07) is 14.2. The summed E-state index contributed by atoms with van der Waals surface area (Å²) in [6.07, 6.45) is 0.381. The Kier molecular flexibility index (Phi) is 3.70. The second-order valence-electron chi connectivity index (χ2n) is 6.89. The van der Waals surface area contributed by atoms with Gasteiger partial charge in [-0.25, -0.2) is 0 Å². The molecule has 0 unspecified atom stereocenters. The van der Waals surface area contributed by atoms with Crippen molar-refractivity contribution in [2.45, 2.75) is 26.2 Å². The van der Waals surface area contributed by atoms with Gasteiger partial charge in [0.25, 0.3) is 0 Å². The van der Waals surface area contributed by atoms with E-state index in [1.54, 1.807) is 36.4 Å². The van der Waals surface area contributed by atoms with Crippen LogP contribution in [-0.2, 0) is 9.59 Å². The van der Waals surface area contributed by atoms with E-state index in [-0.39, 0.29) is 11.6 Å². The molecule has 3 atom stereocenters. The third-order valence-corrected chi connectivity index (χ3v) is 6.40. The molecule has 5 heteroatoms. The van der Waals surface area contributed by atoms with Crippen LogP contribution in [0.4, 0.5) is 0 Å². The molecule has 4 nitrogen and oxygen atoms in total. The van der Waals surface area contributed by atoms with Gasteiger partial charge >= 0.3 is 5.97 Å². The number of ether oxygens (including phenoxy) is 1. The van der Waals surface area contributed by atoms with Gasteiger partial charge in [-0.15, -0.1) is 0 Å². The fourth-order valence-electron chi connectivity index (χ4n) is 4.81. The zero-order valence-corrected chi connectivity index (χ0v) is 16.0. The lowest BCUT2D eigenvalue weighted by Gasteiger charge is -2.22. The van der Waals surface area contributed by atoms with E-state index in [1.165, 1.54) is 6.92 Å². The largest absolute Gasteiger partial charge is 0.425 e. The number of Topliss-reactive ketones (excluding diaryl/α,β-unsaturated/α-hetero) is 2. The number of carbonyl (C=O) groups excluding carboxylic acids is 3. The van der Waals surface area contributed by atoms with Crippen molar-refractivity contribution >= 4 is 33.5 Å². The van der Waals surface area contributed by atoms with Crippen LogP contribution in [0.2, 0.25) is 0 Å². The summed E-state index contributed by atoms with van der Waals surface area (Å²) >= 11 is 3.44. The van der Waals surface area contributed by atoms with Crippen molar-refractivity contribution in [3.8, 4) is 5.75 Å². The molecule has 132 valence electrons. The molecule has 0 spiro atoms. The third-order valence-electron chi connectivity index (χ3n) is 5.91. The summed E-state index contributed by atoms with van der Waals surface area (Å²) < 4.78 is 6.33. The van der Waals surface area contributed by atoms with Crippen molar-refractivity contribution in [2.24, 2.45) is 10.8 Å². The molecule has 0 radical (unpaired) electrons. The van der Waals surface area contributed by atoms with E-state index >= 15 is 0 Å². The minimum Gasteiger partial charge on any atom is -0.425 e. The Hall–Kier alpha value is -2.27. The molecule has 2 aromatic carbocycles. The maximum Gasteiger partial charge on any atom is 0.326 e. The van der Waals surface area contributed by atoms with Crippen molar-refractivity contribution in [2.75, 3.05) is 0 Å².